The van der Waals surface area contributed by atoms with Crippen molar-refractivity contribution >= 4 is 34.8 Å². The highest BCUT2D eigenvalue weighted by Gasteiger charge is 2.21. The monoisotopic (exact) mass is 301 g/mol. The number of amides is 1. The molecule has 4 nitrogen and oxygen atoms in total. The Labute approximate surface area is 120 Å². The van der Waals surface area contributed by atoms with E-state index in [1.165, 1.54) is 12.1 Å². The quantitative estimate of drug-likeness (QED) is 0.587. The molecule has 0 aromatic heterocycles. The summed E-state index contributed by atoms with van der Waals surface area (Å²) < 4.78 is 13.5. The standard InChI is InChI=1S/C12H13ClFN3OS/c13-9-2-1-3-10(14)8(9)6-11(18)16-17-12(19)15-7-4-5-7/h1-3,7H,4-6H2,(H,16,18)(H2,15,17,19). The fraction of sp³-hybridized carbons (Fsp3) is 0.333. The van der Waals surface area contributed by atoms with Crippen molar-refractivity contribution in [3.05, 3.63) is 34.6 Å². The van der Waals surface area contributed by atoms with Crippen LogP contribution in [0.1, 0.15) is 18.4 Å². The Hall–Kier alpha value is -1.40. The van der Waals surface area contributed by atoms with E-state index >= 15 is 0 Å². The molecule has 0 bridgehead atoms. The van der Waals surface area contributed by atoms with Crippen LogP contribution in [0, 0.1) is 5.82 Å². The number of rotatable bonds is 3. The van der Waals surface area contributed by atoms with Gasteiger partial charge in [-0.25, -0.2) is 4.39 Å². The summed E-state index contributed by atoms with van der Waals surface area (Å²) in [5.74, 6) is -0.909. The van der Waals surface area contributed by atoms with Crippen LogP contribution in [0.4, 0.5) is 4.39 Å². The number of carbonyl (C=O) groups is 1. The number of halogens is 2. The molecule has 1 fully saturated rings. The molecule has 19 heavy (non-hydrogen) atoms. The van der Waals surface area contributed by atoms with Gasteiger partial charge in [0, 0.05) is 16.6 Å². The van der Waals surface area contributed by atoms with E-state index in [0.717, 1.165) is 12.8 Å². The second-order valence-corrected chi connectivity index (χ2v) is 5.11. The molecular weight excluding hydrogens is 289 g/mol. The normalized spacial score (nSPS) is 13.8. The molecule has 1 aliphatic rings. The first kappa shape index (κ1) is 14.0. The Balaban J connectivity index is 1.81. The van der Waals surface area contributed by atoms with E-state index in [4.69, 9.17) is 23.8 Å². The van der Waals surface area contributed by atoms with Crippen LogP contribution in [0.25, 0.3) is 0 Å². The third-order valence-electron chi connectivity index (χ3n) is 2.63. The first-order valence-electron chi connectivity index (χ1n) is 5.84. The number of thiocarbonyl (C=S) groups is 1. The van der Waals surface area contributed by atoms with Gasteiger partial charge in [0.1, 0.15) is 5.82 Å². The van der Waals surface area contributed by atoms with Crippen molar-refractivity contribution in [3.63, 3.8) is 0 Å². The zero-order valence-corrected chi connectivity index (χ0v) is 11.6. The minimum atomic E-state index is -0.499. The molecule has 0 aliphatic heterocycles. The molecule has 1 aromatic carbocycles. The minimum Gasteiger partial charge on any atom is -0.359 e. The van der Waals surface area contributed by atoms with E-state index in [2.05, 4.69) is 16.2 Å². The summed E-state index contributed by atoms with van der Waals surface area (Å²) in [6.07, 6.45) is 2.02. The van der Waals surface area contributed by atoms with Gasteiger partial charge in [-0.2, -0.15) is 0 Å². The number of hydrazine groups is 1. The highest BCUT2D eigenvalue weighted by molar-refractivity contribution is 7.80. The van der Waals surface area contributed by atoms with Crippen molar-refractivity contribution in [2.24, 2.45) is 0 Å². The summed E-state index contributed by atoms with van der Waals surface area (Å²) in [4.78, 5) is 11.6. The molecule has 0 spiro atoms. The average molecular weight is 302 g/mol. The number of nitrogens with one attached hydrogen (secondary N) is 3. The van der Waals surface area contributed by atoms with Gasteiger partial charge in [0.15, 0.2) is 5.11 Å². The SMILES string of the molecule is O=C(Cc1c(F)cccc1Cl)NNC(=S)NC1CC1. The van der Waals surface area contributed by atoms with Crippen molar-refractivity contribution < 1.29 is 9.18 Å². The molecule has 1 amide bonds. The third-order valence-corrected chi connectivity index (χ3v) is 3.20. The lowest BCUT2D eigenvalue weighted by atomic mass is 10.1. The Morgan fingerprint density at radius 3 is 2.79 bits per heavy atom. The van der Waals surface area contributed by atoms with Gasteiger partial charge < -0.3 is 5.32 Å². The molecule has 0 saturated heterocycles. The second-order valence-electron chi connectivity index (χ2n) is 4.30. The van der Waals surface area contributed by atoms with Crippen molar-refractivity contribution in [2.45, 2.75) is 25.3 Å². The highest BCUT2D eigenvalue weighted by Crippen LogP contribution is 2.19. The molecule has 0 radical (unpaired) electrons. The fourth-order valence-electron chi connectivity index (χ4n) is 1.48. The van der Waals surface area contributed by atoms with Crippen LogP contribution in [0.2, 0.25) is 5.02 Å². The van der Waals surface area contributed by atoms with Crippen LogP contribution >= 0.6 is 23.8 Å². The van der Waals surface area contributed by atoms with Gasteiger partial charge in [-0.1, -0.05) is 17.7 Å². The molecule has 0 heterocycles. The van der Waals surface area contributed by atoms with Crippen molar-refractivity contribution in [3.8, 4) is 0 Å². The maximum atomic E-state index is 13.5. The topological polar surface area (TPSA) is 53.2 Å². The Kier molecular flexibility index (Phi) is 4.55. The van der Waals surface area contributed by atoms with Crippen molar-refractivity contribution in [1.82, 2.24) is 16.2 Å². The smallest absolute Gasteiger partial charge is 0.242 e. The summed E-state index contributed by atoms with van der Waals surface area (Å²) in [6.45, 7) is 0. The number of hydrogen-bond acceptors (Lipinski definition) is 2. The maximum Gasteiger partial charge on any atom is 0.242 e. The Morgan fingerprint density at radius 1 is 1.42 bits per heavy atom. The van der Waals surface area contributed by atoms with Crippen LogP contribution in [-0.4, -0.2) is 17.1 Å². The summed E-state index contributed by atoms with van der Waals surface area (Å²) in [6, 6.07) is 4.70. The molecule has 7 heteroatoms. The van der Waals surface area contributed by atoms with Crippen molar-refractivity contribution in [2.75, 3.05) is 0 Å². The number of hydrogen-bond donors (Lipinski definition) is 3. The lowest BCUT2D eigenvalue weighted by Crippen LogP contribution is -2.47. The summed E-state index contributed by atoms with van der Waals surface area (Å²) in [5.41, 5.74) is 5.14. The van der Waals surface area contributed by atoms with Gasteiger partial charge >= 0.3 is 0 Å². The minimum absolute atomic E-state index is 0.148. The van der Waals surface area contributed by atoms with Crippen LogP contribution in [0.5, 0.6) is 0 Å². The Bertz CT molecular complexity index is 487. The molecule has 1 aromatic rings. The van der Waals surface area contributed by atoms with Crippen LogP contribution in [-0.2, 0) is 11.2 Å². The lowest BCUT2D eigenvalue weighted by molar-refractivity contribution is -0.121. The van der Waals surface area contributed by atoms with Gasteiger partial charge in [0.05, 0.1) is 6.42 Å². The van der Waals surface area contributed by atoms with E-state index in [1.807, 2.05) is 0 Å². The summed E-state index contributed by atoms with van der Waals surface area (Å²) in [5, 5.41) is 3.59. The average Bonchev–Trinajstić information content (AvgIpc) is 3.15. The molecular formula is C12H13ClFN3OS. The van der Waals surface area contributed by atoms with Gasteiger partial charge in [-0.3, -0.25) is 15.6 Å². The molecule has 1 aliphatic carbocycles. The molecule has 2 rings (SSSR count). The van der Waals surface area contributed by atoms with E-state index in [9.17, 15) is 9.18 Å². The van der Waals surface area contributed by atoms with Crippen molar-refractivity contribution in [1.29, 1.82) is 0 Å². The van der Waals surface area contributed by atoms with Crippen LogP contribution in [0.3, 0.4) is 0 Å². The van der Waals surface area contributed by atoms with Gasteiger partial charge in [-0.15, -0.1) is 0 Å². The van der Waals surface area contributed by atoms with Gasteiger partial charge in [0.2, 0.25) is 5.91 Å². The molecule has 0 atom stereocenters. The highest BCUT2D eigenvalue weighted by atomic mass is 35.5. The largest absolute Gasteiger partial charge is 0.359 e. The zero-order chi connectivity index (χ0) is 13.8. The van der Waals surface area contributed by atoms with Gasteiger partial charge in [0.25, 0.3) is 0 Å². The predicted octanol–water partition coefficient (Wildman–Crippen LogP) is 1.68. The van der Waals surface area contributed by atoms with E-state index in [1.54, 1.807) is 6.07 Å². The summed E-state index contributed by atoms with van der Waals surface area (Å²) >= 11 is 10.8. The van der Waals surface area contributed by atoms with Gasteiger partial charge in [-0.05, 0) is 37.2 Å². The summed E-state index contributed by atoms with van der Waals surface area (Å²) in [7, 11) is 0. The molecule has 1 saturated carbocycles. The predicted molar refractivity (Wildman–Crippen MR) is 75.1 cm³/mol. The van der Waals surface area contributed by atoms with E-state index in [0.29, 0.717) is 11.2 Å². The number of carbonyl (C=O) groups excluding carboxylic acids is 1. The number of benzene rings is 1. The Morgan fingerprint density at radius 2 is 2.16 bits per heavy atom. The third kappa shape index (κ3) is 4.33. The molecule has 3 N–H and O–H groups in total. The second kappa shape index (κ2) is 6.16. The zero-order valence-electron chi connectivity index (χ0n) is 10.0. The van der Waals surface area contributed by atoms with E-state index < -0.39 is 11.7 Å². The fourth-order valence-corrected chi connectivity index (χ4v) is 1.93. The molecule has 102 valence electrons. The van der Waals surface area contributed by atoms with E-state index in [-0.39, 0.29) is 17.0 Å². The van der Waals surface area contributed by atoms with Crippen LogP contribution < -0.4 is 16.2 Å². The first-order chi connectivity index (χ1) is 9.06. The lowest BCUT2D eigenvalue weighted by Gasteiger charge is -2.11. The maximum absolute atomic E-state index is 13.5. The molecule has 0 unspecified atom stereocenters. The van der Waals surface area contributed by atoms with Crippen LogP contribution in [0.15, 0.2) is 18.2 Å². The first-order valence-corrected chi connectivity index (χ1v) is 6.63.